The number of carbonyl (C=O) groups is 1. The lowest BCUT2D eigenvalue weighted by atomic mass is 10.3. The summed E-state index contributed by atoms with van der Waals surface area (Å²) in [4.78, 5) is 16.3. The molecule has 2 N–H and O–H groups in total. The van der Waals surface area contributed by atoms with Crippen molar-refractivity contribution in [2.75, 3.05) is 49.5 Å². The van der Waals surface area contributed by atoms with E-state index in [-0.39, 0.29) is 6.03 Å². The van der Waals surface area contributed by atoms with Crippen molar-refractivity contribution in [1.82, 2.24) is 9.80 Å². The number of sulfonamides is 1. The van der Waals surface area contributed by atoms with Crippen molar-refractivity contribution in [3.63, 3.8) is 0 Å². The van der Waals surface area contributed by atoms with Crippen LogP contribution in [0, 0.1) is 0 Å². The van der Waals surface area contributed by atoms with E-state index >= 15 is 0 Å². The summed E-state index contributed by atoms with van der Waals surface area (Å²) in [6.45, 7) is 3.24. The van der Waals surface area contributed by atoms with Gasteiger partial charge >= 0.3 is 6.03 Å². The molecule has 22 heavy (non-hydrogen) atoms. The molecule has 7 nitrogen and oxygen atoms in total. The number of likely N-dealkylation sites (N-methyl/N-ethyl adjacent to an activating group) is 1. The second-order valence-corrected chi connectivity index (χ2v) is 7.28. The summed E-state index contributed by atoms with van der Waals surface area (Å²) in [7, 11) is -1.29. The van der Waals surface area contributed by atoms with Gasteiger partial charge in [0.05, 0.1) is 11.9 Å². The zero-order chi connectivity index (χ0) is 16.2. The molecule has 1 aromatic carbocycles. The SMILES string of the molecule is CN1CCCN(C(=O)Nc2cccc(NS(C)(=O)=O)c2)CC1. The lowest BCUT2D eigenvalue weighted by Crippen LogP contribution is -2.37. The van der Waals surface area contributed by atoms with Crippen molar-refractivity contribution >= 4 is 27.4 Å². The fraction of sp³-hybridized carbons (Fsp3) is 0.500. The van der Waals surface area contributed by atoms with Gasteiger partial charge in [-0.3, -0.25) is 4.72 Å². The van der Waals surface area contributed by atoms with Crippen LogP contribution in [0.3, 0.4) is 0 Å². The molecule has 0 unspecified atom stereocenters. The predicted octanol–water partition coefficient (Wildman–Crippen LogP) is 1.23. The Morgan fingerprint density at radius 3 is 2.59 bits per heavy atom. The molecule has 1 saturated heterocycles. The van der Waals surface area contributed by atoms with Crippen LogP contribution in [-0.4, -0.2) is 63.7 Å². The van der Waals surface area contributed by atoms with Crippen molar-refractivity contribution in [2.45, 2.75) is 6.42 Å². The number of nitrogens with one attached hydrogen (secondary N) is 2. The van der Waals surface area contributed by atoms with E-state index in [2.05, 4.69) is 14.9 Å². The Balaban J connectivity index is 2.00. The van der Waals surface area contributed by atoms with Crippen molar-refractivity contribution < 1.29 is 13.2 Å². The van der Waals surface area contributed by atoms with E-state index < -0.39 is 10.0 Å². The summed E-state index contributed by atoms with van der Waals surface area (Å²) in [5, 5.41) is 2.81. The predicted molar refractivity (Wildman–Crippen MR) is 87.6 cm³/mol. The Morgan fingerprint density at radius 1 is 1.14 bits per heavy atom. The number of carbonyl (C=O) groups excluding carboxylic acids is 1. The van der Waals surface area contributed by atoms with Gasteiger partial charge in [-0.25, -0.2) is 13.2 Å². The number of hydrogen-bond acceptors (Lipinski definition) is 4. The highest BCUT2D eigenvalue weighted by Crippen LogP contribution is 2.16. The minimum absolute atomic E-state index is 0.160. The summed E-state index contributed by atoms with van der Waals surface area (Å²) in [5.41, 5.74) is 0.993. The molecule has 0 saturated carbocycles. The highest BCUT2D eigenvalue weighted by atomic mass is 32.2. The lowest BCUT2D eigenvalue weighted by Gasteiger charge is -2.21. The first kappa shape index (κ1) is 16.6. The smallest absolute Gasteiger partial charge is 0.321 e. The second kappa shape index (κ2) is 6.97. The van der Waals surface area contributed by atoms with E-state index in [4.69, 9.17) is 0 Å². The first-order valence-corrected chi connectivity index (χ1v) is 9.05. The van der Waals surface area contributed by atoms with Crippen LogP contribution >= 0.6 is 0 Å². The molecule has 122 valence electrons. The zero-order valence-corrected chi connectivity index (χ0v) is 13.7. The van der Waals surface area contributed by atoms with Crippen LogP contribution in [-0.2, 0) is 10.0 Å². The topological polar surface area (TPSA) is 81.8 Å². The van der Waals surface area contributed by atoms with Crippen LogP contribution in [0.5, 0.6) is 0 Å². The minimum Gasteiger partial charge on any atom is -0.323 e. The van der Waals surface area contributed by atoms with Crippen LogP contribution in [0.1, 0.15) is 6.42 Å². The quantitative estimate of drug-likeness (QED) is 0.875. The van der Waals surface area contributed by atoms with Gasteiger partial charge in [0.15, 0.2) is 0 Å². The van der Waals surface area contributed by atoms with E-state index in [0.29, 0.717) is 17.9 Å². The summed E-state index contributed by atoms with van der Waals surface area (Å²) >= 11 is 0. The van der Waals surface area contributed by atoms with Gasteiger partial charge < -0.3 is 15.1 Å². The Kier molecular flexibility index (Phi) is 5.25. The average Bonchev–Trinajstić information content (AvgIpc) is 2.62. The maximum atomic E-state index is 12.3. The molecule has 1 fully saturated rings. The Labute approximate surface area is 131 Å². The highest BCUT2D eigenvalue weighted by Gasteiger charge is 2.17. The monoisotopic (exact) mass is 326 g/mol. The summed E-state index contributed by atoms with van der Waals surface area (Å²) < 4.78 is 24.9. The fourth-order valence-corrected chi connectivity index (χ4v) is 2.88. The van der Waals surface area contributed by atoms with Crippen LogP contribution in [0.2, 0.25) is 0 Å². The standard InChI is InChI=1S/C14H22N4O3S/c1-17-7-4-8-18(10-9-17)14(19)15-12-5-3-6-13(11-12)16-22(2,20)21/h3,5-6,11,16H,4,7-10H2,1-2H3,(H,15,19). The molecule has 0 radical (unpaired) electrons. The van der Waals surface area contributed by atoms with Gasteiger partial charge in [-0.2, -0.15) is 0 Å². The maximum Gasteiger partial charge on any atom is 0.321 e. The summed E-state index contributed by atoms with van der Waals surface area (Å²) in [6, 6.07) is 6.50. The summed E-state index contributed by atoms with van der Waals surface area (Å²) in [5.74, 6) is 0. The zero-order valence-electron chi connectivity index (χ0n) is 12.9. The Hall–Kier alpha value is -1.80. The molecule has 2 amide bonds. The minimum atomic E-state index is -3.33. The number of rotatable bonds is 3. The molecule has 0 spiro atoms. The molecule has 1 heterocycles. The highest BCUT2D eigenvalue weighted by molar-refractivity contribution is 7.92. The molecule has 2 rings (SSSR count). The maximum absolute atomic E-state index is 12.3. The number of nitrogens with zero attached hydrogens (tertiary/aromatic N) is 2. The number of amides is 2. The van der Waals surface area contributed by atoms with E-state index in [1.54, 1.807) is 29.2 Å². The van der Waals surface area contributed by atoms with Crippen LogP contribution in [0.15, 0.2) is 24.3 Å². The number of urea groups is 1. The normalized spacial score (nSPS) is 16.9. The largest absolute Gasteiger partial charge is 0.323 e. The van der Waals surface area contributed by atoms with Crippen LogP contribution in [0.25, 0.3) is 0 Å². The average molecular weight is 326 g/mol. The van der Waals surface area contributed by atoms with Crippen molar-refractivity contribution in [1.29, 1.82) is 0 Å². The third-order valence-corrected chi connectivity index (χ3v) is 4.03. The third-order valence-electron chi connectivity index (χ3n) is 3.42. The first-order chi connectivity index (χ1) is 10.3. The van der Waals surface area contributed by atoms with E-state index in [0.717, 1.165) is 32.3 Å². The van der Waals surface area contributed by atoms with Gasteiger partial charge in [0.1, 0.15) is 0 Å². The molecule has 0 atom stereocenters. The molecule has 1 aromatic rings. The van der Waals surface area contributed by atoms with Gasteiger partial charge in [0.25, 0.3) is 0 Å². The molecule has 0 bridgehead atoms. The van der Waals surface area contributed by atoms with E-state index in [1.807, 2.05) is 7.05 Å². The molecular weight excluding hydrogens is 304 g/mol. The number of anilines is 2. The molecule has 1 aliphatic heterocycles. The molecule has 0 aromatic heterocycles. The van der Waals surface area contributed by atoms with E-state index in [9.17, 15) is 13.2 Å². The molecule has 8 heteroatoms. The summed E-state index contributed by atoms with van der Waals surface area (Å²) in [6.07, 6.45) is 2.03. The molecular formula is C14H22N4O3S. The van der Waals surface area contributed by atoms with Crippen LogP contribution < -0.4 is 10.0 Å². The second-order valence-electron chi connectivity index (χ2n) is 5.53. The van der Waals surface area contributed by atoms with E-state index in [1.165, 1.54) is 0 Å². The van der Waals surface area contributed by atoms with Crippen molar-refractivity contribution in [2.24, 2.45) is 0 Å². The lowest BCUT2D eigenvalue weighted by molar-refractivity contribution is 0.213. The third kappa shape index (κ3) is 5.19. The Bertz CT molecular complexity index is 633. The van der Waals surface area contributed by atoms with Gasteiger partial charge in [-0.05, 0) is 38.2 Å². The van der Waals surface area contributed by atoms with Crippen molar-refractivity contribution in [3.8, 4) is 0 Å². The van der Waals surface area contributed by atoms with Gasteiger partial charge in [-0.1, -0.05) is 6.07 Å². The number of hydrogen-bond donors (Lipinski definition) is 2. The molecule has 1 aliphatic rings. The first-order valence-electron chi connectivity index (χ1n) is 7.16. The van der Waals surface area contributed by atoms with Gasteiger partial charge in [-0.15, -0.1) is 0 Å². The Morgan fingerprint density at radius 2 is 1.86 bits per heavy atom. The molecule has 0 aliphatic carbocycles. The van der Waals surface area contributed by atoms with Gasteiger partial charge in [0, 0.05) is 25.3 Å². The van der Waals surface area contributed by atoms with Crippen molar-refractivity contribution in [3.05, 3.63) is 24.3 Å². The van der Waals surface area contributed by atoms with Crippen LogP contribution in [0.4, 0.5) is 16.2 Å². The fourth-order valence-electron chi connectivity index (χ4n) is 2.33. The van der Waals surface area contributed by atoms with Gasteiger partial charge in [0.2, 0.25) is 10.0 Å². The number of benzene rings is 1.